The Labute approximate surface area is 94.0 Å². The minimum atomic E-state index is -0.310. The van der Waals surface area contributed by atoms with Gasteiger partial charge in [0.25, 0.3) is 0 Å². The highest BCUT2D eigenvalue weighted by Crippen LogP contribution is 2.19. The Morgan fingerprint density at radius 1 is 1.44 bits per heavy atom. The van der Waals surface area contributed by atoms with Gasteiger partial charge in [0.2, 0.25) is 5.91 Å². The SMILES string of the molecule is NC(=O)CN1CCc2ccc(C=O)cc2C1. The lowest BCUT2D eigenvalue weighted by Crippen LogP contribution is -2.37. The van der Waals surface area contributed by atoms with Gasteiger partial charge in [0.1, 0.15) is 6.29 Å². The molecule has 0 spiro atoms. The van der Waals surface area contributed by atoms with Crippen molar-refractivity contribution in [2.24, 2.45) is 5.73 Å². The predicted molar refractivity (Wildman–Crippen MR) is 60.0 cm³/mol. The van der Waals surface area contributed by atoms with Crippen molar-refractivity contribution in [2.45, 2.75) is 13.0 Å². The van der Waals surface area contributed by atoms with E-state index < -0.39 is 0 Å². The van der Waals surface area contributed by atoms with E-state index in [1.807, 2.05) is 23.1 Å². The lowest BCUT2D eigenvalue weighted by Gasteiger charge is -2.27. The number of hydrogen-bond donors (Lipinski definition) is 1. The number of carbonyl (C=O) groups is 2. The van der Waals surface area contributed by atoms with Crippen LogP contribution in [-0.2, 0) is 17.8 Å². The molecule has 4 nitrogen and oxygen atoms in total. The average molecular weight is 218 g/mol. The summed E-state index contributed by atoms with van der Waals surface area (Å²) in [6.45, 7) is 1.82. The molecule has 0 aromatic heterocycles. The van der Waals surface area contributed by atoms with Crippen molar-refractivity contribution in [3.8, 4) is 0 Å². The average Bonchev–Trinajstić information content (AvgIpc) is 2.27. The normalized spacial score (nSPS) is 15.5. The predicted octanol–water partition coefficient (Wildman–Crippen LogP) is 0.342. The van der Waals surface area contributed by atoms with Gasteiger partial charge in [-0.3, -0.25) is 14.5 Å². The van der Waals surface area contributed by atoms with Crippen LogP contribution in [0.1, 0.15) is 21.5 Å². The molecule has 1 aliphatic rings. The molecule has 1 aliphatic heterocycles. The number of rotatable bonds is 3. The van der Waals surface area contributed by atoms with Gasteiger partial charge in [0, 0.05) is 18.7 Å². The van der Waals surface area contributed by atoms with E-state index in [-0.39, 0.29) is 12.5 Å². The number of hydrogen-bond acceptors (Lipinski definition) is 3. The summed E-state index contributed by atoms with van der Waals surface area (Å²) < 4.78 is 0. The molecule has 0 radical (unpaired) electrons. The zero-order valence-electron chi connectivity index (χ0n) is 8.98. The molecular weight excluding hydrogens is 204 g/mol. The van der Waals surface area contributed by atoms with E-state index in [9.17, 15) is 9.59 Å². The Kier molecular flexibility index (Phi) is 3.01. The van der Waals surface area contributed by atoms with Gasteiger partial charge in [-0.15, -0.1) is 0 Å². The van der Waals surface area contributed by atoms with E-state index in [0.717, 1.165) is 24.8 Å². The van der Waals surface area contributed by atoms with E-state index in [0.29, 0.717) is 12.1 Å². The Balaban J connectivity index is 2.17. The largest absolute Gasteiger partial charge is 0.369 e. The highest BCUT2D eigenvalue weighted by Gasteiger charge is 2.17. The molecule has 1 amide bonds. The molecule has 84 valence electrons. The van der Waals surface area contributed by atoms with Crippen LogP contribution in [0.15, 0.2) is 18.2 Å². The van der Waals surface area contributed by atoms with Crippen LogP contribution in [0.5, 0.6) is 0 Å². The number of aldehydes is 1. The summed E-state index contributed by atoms with van der Waals surface area (Å²) >= 11 is 0. The smallest absolute Gasteiger partial charge is 0.231 e. The molecule has 1 aromatic carbocycles. The van der Waals surface area contributed by atoms with Crippen molar-refractivity contribution in [1.82, 2.24) is 4.90 Å². The standard InChI is InChI=1S/C12H14N2O2/c13-12(16)7-14-4-3-10-2-1-9(8-15)5-11(10)6-14/h1-2,5,8H,3-4,6-7H2,(H2,13,16). The third kappa shape index (κ3) is 2.28. The third-order valence-corrected chi connectivity index (χ3v) is 2.84. The van der Waals surface area contributed by atoms with Crippen LogP contribution in [-0.4, -0.2) is 30.2 Å². The molecule has 0 saturated carbocycles. The number of nitrogens with zero attached hydrogens (tertiary/aromatic N) is 1. The maximum atomic E-state index is 10.8. The maximum Gasteiger partial charge on any atom is 0.231 e. The minimum Gasteiger partial charge on any atom is -0.369 e. The molecule has 0 atom stereocenters. The molecule has 4 heteroatoms. The van der Waals surface area contributed by atoms with Gasteiger partial charge in [0.15, 0.2) is 0 Å². The molecule has 0 aliphatic carbocycles. The topological polar surface area (TPSA) is 63.4 Å². The highest BCUT2D eigenvalue weighted by molar-refractivity contribution is 5.76. The van der Waals surface area contributed by atoms with Crippen LogP contribution < -0.4 is 5.73 Å². The van der Waals surface area contributed by atoms with Crippen LogP contribution >= 0.6 is 0 Å². The van der Waals surface area contributed by atoms with Crippen molar-refractivity contribution in [3.05, 3.63) is 34.9 Å². The van der Waals surface area contributed by atoms with Crippen molar-refractivity contribution in [3.63, 3.8) is 0 Å². The first-order valence-corrected chi connectivity index (χ1v) is 5.26. The first kappa shape index (κ1) is 10.8. The first-order chi connectivity index (χ1) is 7.69. The number of amides is 1. The molecule has 2 rings (SSSR count). The maximum absolute atomic E-state index is 10.8. The van der Waals surface area contributed by atoms with Crippen LogP contribution in [0.25, 0.3) is 0 Å². The fourth-order valence-corrected chi connectivity index (χ4v) is 2.06. The lowest BCUT2D eigenvalue weighted by molar-refractivity contribution is -0.119. The molecular formula is C12H14N2O2. The summed E-state index contributed by atoms with van der Waals surface area (Å²) in [5.74, 6) is -0.310. The number of primary amides is 1. The number of benzene rings is 1. The Bertz CT molecular complexity index is 429. The number of carbonyl (C=O) groups excluding carboxylic acids is 2. The lowest BCUT2D eigenvalue weighted by atomic mass is 9.98. The summed E-state index contributed by atoms with van der Waals surface area (Å²) in [4.78, 5) is 23.5. The summed E-state index contributed by atoms with van der Waals surface area (Å²) in [6, 6.07) is 5.70. The Morgan fingerprint density at radius 3 is 2.94 bits per heavy atom. The van der Waals surface area contributed by atoms with Gasteiger partial charge in [-0.05, 0) is 23.6 Å². The third-order valence-electron chi connectivity index (χ3n) is 2.84. The van der Waals surface area contributed by atoms with E-state index in [2.05, 4.69) is 0 Å². The summed E-state index contributed by atoms with van der Waals surface area (Å²) in [6.07, 6.45) is 1.75. The molecule has 1 aromatic rings. The fourth-order valence-electron chi connectivity index (χ4n) is 2.06. The quantitative estimate of drug-likeness (QED) is 0.744. The molecule has 0 saturated heterocycles. The Morgan fingerprint density at radius 2 is 2.25 bits per heavy atom. The van der Waals surface area contributed by atoms with Crippen LogP contribution in [0, 0.1) is 0 Å². The molecule has 0 bridgehead atoms. The fraction of sp³-hybridized carbons (Fsp3) is 0.333. The summed E-state index contributed by atoms with van der Waals surface area (Å²) in [5, 5.41) is 0. The van der Waals surface area contributed by atoms with Crippen molar-refractivity contribution >= 4 is 12.2 Å². The monoisotopic (exact) mass is 218 g/mol. The van der Waals surface area contributed by atoms with E-state index in [4.69, 9.17) is 5.73 Å². The second kappa shape index (κ2) is 4.45. The van der Waals surface area contributed by atoms with Gasteiger partial charge in [-0.2, -0.15) is 0 Å². The molecule has 16 heavy (non-hydrogen) atoms. The van der Waals surface area contributed by atoms with Gasteiger partial charge in [-0.25, -0.2) is 0 Å². The number of nitrogens with two attached hydrogens (primary N) is 1. The zero-order chi connectivity index (χ0) is 11.5. The van der Waals surface area contributed by atoms with E-state index in [1.54, 1.807) is 0 Å². The molecule has 1 heterocycles. The minimum absolute atomic E-state index is 0.282. The summed E-state index contributed by atoms with van der Waals surface area (Å²) in [5.41, 5.74) is 8.22. The molecule has 2 N–H and O–H groups in total. The van der Waals surface area contributed by atoms with Crippen LogP contribution in [0.2, 0.25) is 0 Å². The van der Waals surface area contributed by atoms with Crippen LogP contribution in [0.3, 0.4) is 0 Å². The Hall–Kier alpha value is -1.68. The highest BCUT2D eigenvalue weighted by atomic mass is 16.1. The molecule has 0 fully saturated rings. The van der Waals surface area contributed by atoms with Gasteiger partial charge >= 0.3 is 0 Å². The van der Waals surface area contributed by atoms with Gasteiger partial charge in [0.05, 0.1) is 6.54 Å². The first-order valence-electron chi connectivity index (χ1n) is 5.26. The second-order valence-corrected chi connectivity index (χ2v) is 4.07. The van der Waals surface area contributed by atoms with Crippen molar-refractivity contribution in [2.75, 3.05) is 13.1 Å². The van der Waals surface area contributed by atoms with E-state index >= 15 is 0 Å². The van der Waals surface area contributed by atoms with Crippen molar-refractivity contribution in [1.29, 1.82) is 0 Å². The zero-order valence-corrected chi connectivity index (χ0v) is 8.98. The van der Waals surface area contributed by atoms with Crippen molar-refractivity contribution < 1.29 is 9.59 Å². The van der Waals surface area contributed by atoms with Gasteiger partial charge < -0.3 is 5.73 Å². The molecule has 0 unspecified atom stereocenters. The summed E-state index contributed by atoms with van der Waals surface area (Å²) in [7, 11) is 0. The van der Waals surface area contributed by atoms with E-state index in [1.165, 1.54) is 5.56 Å². The second-order valence-electron chi connectivity index (χ2n) is 4.07. The number of fused-ring (bicyclic) bond motifs is 1. The van der Waals surface area contributed by atoms with Crippen LogP contribution in [0.4, 0.5) is 0 Å². The van der Waals surface area contributed by atoms with Gasteiger partial charge in [-0.1, -0.05) is 12.1 Å².